The number of hydrogen-bond donors (Lipinski definition) is 0. The highest BCUT2D eigenvalue weighted by Gasteiger charge is 2.17. The van der Waals surface area contributed by atoms with Crippen LogP contribution in [0.25, 0.3) is 21.5 Å². The van der Waals surface area contributed by atoms with Crippen LogP contribution < -0.4 is 4.74 Å². The van der Waals surface area contributed by atoms with Crippen LogP contribution in [0.3, 0.4) is 0 Å². The van der Waals surface area contributed by atoms with Gasteiger partial charge in [0.25, 0.3) is 0 Å². The molecule has 0 aliphatic heterocycles. The standard InChI is InChI=1S/C19H18O2/c1-12(2)19(20)16-11-13-7-4-5-8-14(13)18-15(16)9-6-10-17(18)21-3/h4-12H,1-3H3. The van der Waals surface area contributed by atoms with E-state index in [0.29, 0.717) is 0 Å². The normalized spacial score (nSPS) is 11.2. The molecule has 0 radical (unpaired) electrons. The molecule has 0 saturated carbocycles. The van der Waals surface area contributed by atoms with E-state index in [1.54, 1.807) is 7.11 Å². The Morgan fingerprint density at radius 2 is 1.71 bits per heavy atom. The fraction of sp³-hybridized carbons (Fsp3) is 0.211. The number of benzene rings is 3. The molecule has 0 fully saturated rings. The number of fused-ring (bicyclic) bond motifs is 3. The maximum atomic E-state index is 12.6. The van der Waals surface area contributed by atoms with Crippen LogP contribution in [0, 0.1) is 5.92 Å². The lowest BCUT2D eigenvalue weighted by molar-refractivity contribution is 0.0941. The van der Waals surface area contributed by atoms with Gasteiger partial charge in [-0.15, -0.1) is 0 Å². The summed E-state index contributed by atoms with van der Waals surface area (Å²) in [7, 11) is 1.67. The molecule has 0 aliphatic carbocycles. The van der Waals surface area contributed by atoms with Gasteiger partial charge in [-0.2, -0.15) is 0 Å². The van der Waals surface area contributed by atoms with Crippen molar-refractivity contribution < 1.29 is 9.53 Å². The van der Waals surface area contributed by atoms with Gasteiger partial charge >= 0.3 is 0 Å². The van der Waals surface area contributed by atoms with E-state index in [2.05, 4.69) is 6.07 Å². The van der Waals surface area contributed by atoms with Crippen molar-refractivity contribution in [1.29, 1.82) is 0 Å². The van der Waals surface area contributed by atoms with Gasteiger partial charge in [0.15, 0.2) is 5.78 Å². The Kier molecular flexibility index (Phi) is 3.38. The maximum absolute atomic E-state index is 12.6. The fourth-order valence-corrected chi connectivity index (χ4v) is 2.80. The molecule has 0 unspecified atom stereocenters. The van der Waals surface area contributed by atoms with Crippen LogP contribution in [0.5, 0.6) is 5.75 Å². The number of ether oxygens (including phenoxy) is 1. The molecule has 0 aliphatic rings. The highest BCUT2D eigenvalue weighted by atomic mass is 16.5. The van der Waals surface area contributed by atoms with E-state index in [4.69, 9.17) is 4.74 Å². The Bertz CT molecular complexity index is 831. The van der Waals surface area contributed by atoms with Crippen LogP contribution in [-0.2, 0) is 0 Å². The van der Waals surface area contributed by atoms with Crippen LogP contribution in [0.15, 0.2) is 48.5 Å². The Morgan fingerprint density at radius 1 is 1.00 bits per heavy atom. The second-order valence-corrected chi connectivity index (χ2v) is 5.55. The van der Waals surface area contributed by atoms with E-state index in [9.17, 15) is 4.79 Å². The fourth-order valence-electron chi connectivity index (χ4n) is 2.80. The summed E-state index contributed by atoms with van der Waals surface area (Å²) in [6.45, 7) is 3.87. The molecule has 0 saturated heterocycles. The van der Waals surface area contributed by atoms with Gasteiger partial charge < -0.3 is 4.74 Å². The predicted octanol–water partition coefficient (Wildman–Crippen LogP) is 4.84. The highest BCUT2D eigenvalue weighted by Crippen LogP contribution is 2.35. The van der Waals surface area contributed by atoms with Crippen molar-refractivity contribution in [2.45, 2.75) is 13.8 Å². The largest absolute Gasteiger partial charge is 0.496 e. The van der Waals surface area contributed by atoms with Gasteiger partial charge in [-0.25, -0.2) is 0 Å². The molecule has 0 bridgehead atoms. The van der Waals surface area contributed by atoms with Gasteiger partial charge in [0.2, 0.25) is 0 Å². The summed E-state index contributed by atoms with van der Waals surface area (Å²) in [6.07, 6.45) is 0. The van der Waals surface area contributed by atoms with Crippen molar-refractivity contribution in [2.75, 3.05) is 7.11 Å². The van der Waals surface area contributed by atoms with Gasteiger partial charge in [0, 0.05) is 16.9 Å². The molecule has 0 heterocycles. The minimum atomic E-state index is -0.0273. The highest BCUT2D eigenvalue weighted by molar-refractivity contribution is 6.19. The van der Waals surface area contributed by atoms with Crippen molar-refractivity contribution in [3.63, 3.8) is 0 Å². The van der Waals surface area contributed by atoms with Crippen molar-refractivity contribution in [2.24, 2.45) is 5.92 Å². The topological polar surface area (TPSA) is 26.3 Å². The first-order chi connectivity index (χ1) is 10.1. The van der Waals surface area contributed by atoms with Gasteiger partial charge in [0.05, 0.1) is 7.11 Å². The summed E-state index contributed by atoms with van der Waals surface area (Å²) in [6, 6.07) is 16.0. The van der Waals surface area contributed by atoms with Crippen molar-refractivity contribution in [3.8, 4) is 5.75 Å². The zero-order valence-electron chi connectivity index (χ0n) is 12.5. The second-order valence-electron chi connectivity index (χ2n) is 5.55. The first-order valence-corrected chi connectivity index (χ1v) is 7.16. The molecule has 0 aromatic heterocycles. The maximum Gasteiger partial charge on any atom is 0.166 e. The molecule has 3 aromatic rings. The van der Waals surface area contributed by atoms with E-state index >= 15 is 0 Å². The first-order valence-electron chi connectivity index (χ1n) is 7.16. The summed E-state index contributed by atoms with van der Waals surface area (Å²) in [5, 5.41) is 4.16. The lowest BCUT2D eigenvalue weighted by Gasteiger charge is -2.14. The van der Waals surface area contributed by atoms with Crippen LogP contribution in [0.2, 0.25) is 0 Å². The monoisotopic (exact) mass is 278 g/mol. The number of carbonyl (C=O) groups is 1. The van der Waals surface area contributed by atoms with E-state index in [1.807, 2.05) is 56.3 Å². The third-order valence-electron chi connectivity index (χ3n) is 3.86. The summed E-state index contributed by atoms with van der Waals surface area (Å²) >= 11 is 0. The number of Topliss-reactive ketones (excluding diaryl/α,β-unsaturated/α-hetero) is 1. The SMILES string of the molecule is COc1cccc2c(C(=O)C(C)C)cc3ccccc3c12. The number of methoxy groups -OCH3 is 1. The zero-order chi connectivity index (χ0) is 15.0. The molecule has 3 aromatic carbocycles. The van der Waals surface area contributed by atoms with Gasteiger partial charge in [-0.05, 0) is 28.3 Å². The average molecular weight is 278 g/mol. The minimum absolute atomic E-state index is 0.0273. The number of ketones is 1. The average Bonchev–Trinajstić information content (AvgIpc) is 2.52. The third kappa shape index (κ3) is 2.17. The quantitative estimate of drug-likeness (QED) is 0.506. The summed E-state index contributed by atoms with van der Waals surface area (Å²) in [4.78, 5) is 12.6. The van der Waals surface area contributed by atoms with E-state index in [1.165, 1.54) is 0 Å². The number of rotatable bonds is 3. The van der Waals surface area contributed by atoms with Crippen LogP contribution in [-0.4, -0.2) is 12.9 Å². The molecular formula is C19H18O2. The molecule has 0 spiro atoms. The lowest BCUT2D eigenvalue weighted by Crippen LogP contribution is -2.08. The van der Waals surface area contributed by atoms with Crippen LogP contribution >= 0.6 is 0 Å². The van der Waals surface area contributed by atoms with Gasteiger partial charge in [-0.3, -0.25) is 4.79 Å². The van der Waals surface area contributed by atoms with Crippen LogP contribution in [0.4, 0.5) is 0 Å². The van der Waals surface area contributed by atoms with Gasteiger partial charge in [-0.1, -0.05) is 50.2 Å². The second kappa shape index (κ2) is 5.21. The van der Waals surface area contributed by atoms with E-state index in [-0.39, 0.29) is 11.7 Å². The Morgan fingerprint density at radius 3 is 2.43 bits per heavy atom. The molecule has 0 amide bonds. The summed E-state index contributed by atoms with van der Waals surface area (Å²) in [5.41, 5.74) is 0.776. The van der Waals surface area contributed by atoms with Gasteiger partial charge in [0.1, 0.15) is 5.75 Å². The predicted molar refractivity (Wildman–Crippen MR) is 87.2 cm³/mol. The van der Waals surface area contributed by atoms with Crippen LogP contribution in [0.1, 0.15) is 24.2 Å². The zero-order valence-corrected chi connectivity index (χ0v) is 12.5. The van der Waals surface area contributed by atoms with Crippen molar-refractivity contribution in [3.05, 3.63) is 54.1 Å². The Labute approximate surface area is 124 Å². The molecule has 3 rings (SSSR count). The summed E-state index contributed by atoms with van der Waals surface area (Å²) < 4.78 is 5.52. The molecule has 21 heavy (non-hydrogen) atoms. The summed E-state index contributed by atoms with van der Waals surface area (Å²) in [5.74, 6) is 0.946. The molecule has 2 heteroatoms. The molecule has 2 nitrogen and oxygen atoms in total. The van der Waals surface area contributed by atoms with E-state index < -0.39 is 0 Å². The molecule has 0 N–H and O–H groups in total. The number of carbonyl (C=O) groups excluding carboxylic acids is 1. The third-order valence-corrected chi connectivity index (χ3v) is 3.86. The molecule has 106 valence electrons. The van der Waals surface area contributed by atoms with Crippen molar-refractivity contribution >= 4 is 27.3 Å². The molecular weight excluding hydrogens is 260 g/mol. The van der Waals surface area contributed by atoms with Crippen molar-refractivity contribution in [1.82, 2.24) is 0 Å². The molecule has 0 atom stereocenters. The number of hydrogen-bond acceptors (Lipinski definition) is 2. The lowest BCUT2D eigenvalue weighted by atomic mass is 9.91. The smallest absolute Gasteiger partial charge is 0.166 e. The Balaban J connectivity index is 2.50. The minimum Gasteiger partial charge on any atom is -0.496 e. The Hall–Kier alpha value is -2.35. The van der Waals surface area contributed by atoms with E-state index in [0.717, 1.165) is 32.9 Å². The first kappa shape index (κ1) is 13.6.